The number of hydrogen-bond acceptors (Lipinski definition) is 4. The number of ether oxygens (including phenoxy) is 1. The second-order valence-corrected chi connectivity index (χ2v) is 6.18. The van der Waals surface area contributed by atoms with Gasteiger partial charge in [0.15, 0.2) is 0 Å². The molecule has 0 bridgehead atoms. The molecule has 1 heterocycles. The highest BCUT2D eigenvalue weighted by Gasteiger charge is 2.07. The van der Waals surface area contributed by atoms with E-state index in [-0.39, 0.29) is 0 Å². The third kappa shape index (κ3) is 3.28. The van der Waals surface area contributed by atoms with Gasteiger partial charge in [-0.3, -0.25) is 0 Å². The molecule has 1 aromatic heterocycles. The Hall–Kier alpha value is -2.33. The quantitative estimate of drug-likeness (QED) is 0.717. The van der Waals surface area contributed by atoms with Crippen molar-refractivity contribution >= 4 is 17.0 Å². The Morgan fingerprint density at radius 2 is 1.86 bits per heavy atom. The number of nitrogens with zero attached hydrogens (tertiary/aromatic N) is 1. The van der Waals surface area contributed by atoms with Crippen LogP contribution in [0.5, 0.6) is 5.75 Å². The summed E-state index contributed by atoms with van der Waals surface area (Å²) in [6.07, 6.45) is 0. The molecule has 0 spiro atoms. The molecule has 2 aromatic carbocycles. The van der Waals surface area contributed by atoms with Crippen molar-refractivity contribution in [2.45, 2.75) is 20.5 Å². The molecule has 0 radical (unpaired) electrons. The molecule has 2 N–H and O–H groups in total. The third-order valence-corrected chi connectivity index (χ3v) is 4.40. The summed E-state index contributed by atoms with van der Waals surface area (Å²) < 4.78 is 5.82. The molecule has 0 fully saturated rings. The molecular formula is C18H18N2OS. The van der Waals surface area contributed by atoms with Gasteiger partial charge in [0.05, 0.1) is 5.69 Å². The average Bonchev–Trinajstić information content (AvgIpc) is 2.94. The van der Waals surface area contributed by atoms with Gasteiger partial charge in [-0.15, -0.1) is 11.3 Å². The molecule has 0 aliphatic heterocycles. The smallest absolute Gasteiger partial charge is 0.142 e. The number of benzene rings is 2. The van der Waals surface area contributed by atoms with Crippen LogP contribution in [-0.2, 0) is 6.61 Å². The SMILES string of the molecule is Cc1ccc(COc2ccc(-c3nc(C)cs3)cc2N)cc1. The maximum atomic E-state index is 6.11. The molecule has 0 unspecified atom stereocenters. The number of rotatable bonds is 4. The van der Waals surface area contributed by atoms with E-state index in [1.165, 1.54) is 5.56 Å². The highest BCUT2D eigenvalue weighted by atomic mass is 32.1. The van der Waals surface area contributed by atoms with Crippen LogP contribution in [0.4, 0.5) is 5.69 Å². The lowest BCUT2D eigenvalue weighted by Crippen LogP contribution is -1.99. The van der Waals surface area contributed by atoms with Crippen LogP contribution in [0, 0.1) is 13.8 Å². The Labute approximate surface area is 134 Å². The molecule has 0 saturated heterocycles. The summed E-state index contributed by atoms with van der Waals surface area (Å²) in [5, 5.41) is 3.02. The fourth-order valence-electron chi connectivity index (χ4n) is 2.14. The van der Waals surface area contributed by atoms with E-state index in [4.69, 9.17) is 10.5 Å². The lowest BCUT2D eigenvalue weighted by atomic mass is 10.1. The number of aromatic nitrogens is 1. The lowest BCUT2D eigenvalue weighted by Gasteiger charge is -2.10. The van der Waals surface area contributed by atoms with Crippen LogP contribution < -0.4 is 10.5 Å². The molecule has 112 valence electrons. The summed E-state index contributed by atoms with van der Waals surface area (Å²) in [7, 11) is 0. The largest absolute Gasteiger partial charge is 0.487 e. The van der Waals surface area contributed by atoms with E-state index in [2.05, 4.69) is 36.2 Å². The van der Waals surface area contributed by atoms with Crippen LogP contribution in [-0.4, -0.2) is 4.98 Å². The lowest BCUT2D eigenvalue weighted by molar-refractivity contribution is 0.308. The van der Waals surface area contributed by atoms with Crippen LogP contribution in [0.25, 0.3) is 10.6 Å². The van der Waals surface area contributed by atoms with E-state index in [0.717, 1.165) is 21.8 Å². The van der Waals surface area contributed by atoms with Crippen molar-refractivity contribution < 1.29 is 4.74 Å². The van der Waals surface area contributed by atoms with Crippen molar-refractivity contribution in [3.05, 3.63) is 64.7 Å². The predicted octanol–water partition coefficient (Wildman–Crippen LogP) is 4.59. The van der Waals surface area contributed by atoms with E-state index in [0.29, 0.717) is 18.0 Å². The normalized spacial score (nSPS) is 10.6. The molecule has 0 amide bonds. The number of nitrogens with two attached hydrogens (primary N) is 1. The Morgan fingerprint density at radius 3 is 2.50 bits per heavy atom. The number of thiazole rings is 1. The van der Waals surface area contributed by atoms with E-state index in [1.54, 1.807) is 11.3 Å². The minimum absolute atomic E-state index is 0.514. The number of nitrogen functional groups attached to an aromatic ring is 1. The molecule has 3 nitrogen and oxygen atoms in total. The fourth-order valence-corrected chi connectivity index (χ4v) is 2.94. The van der Waals surface area contributed by atoms with Gasteiger partial charge >= 0.3 is 0 Å². The van der Waals surface area contributed by atoms with Gasteiger partial charge in [0.2, 0.25) is 0 Å². The Bertz CT molecular complexity index is 778. The van der Waals surface area contributed by atoms with Gasteiger partial charge in [-0.1, -0.05) is 29.8 Å². The van der Waals surface area contributed by atoms with Crippen molar-refractivity contribution in [1.29, 1.82) is 0 Å². The molecule has 0 atom stereocenters. The summed E-state index contributed by atoms with van der Waals surface area (Å²) in [5.74, 6) is 0.706. The number of hydrogen-bond donors (Lipinski definition) is 1. The van der Waals surface area contributed by atoms with Gasteiger partial charge in [-0.2, -0.15) is 0 Å². The van der Waals surface area contributed by atoms with Crippen molar-refractivity contribution in [3.8, 4) is 16.3 Å². The molecule has 3 rings (SSSR count). The fraction of sp³-hybridized carbons (Fsp3) is 0.167. The maximum Gasteiger partial charge on any atom is 0.142 e. The van der Waals surface area contributed by atoms with E-state index in [9.17, 15) is 0 Å². The van der Waals surface area contributed by atoms with Crippen LogP contribution >= 0.6 is 11.3 Å². The first-order chi connectivity index (χ1) is 10.6. The van der Waals surface area contributed by atoms with Crippen molar-refractivity contribution in [1.82, 2.24) is 4.98 Å². The van der Waals surface area contributed by atoms with E-state index in [1.807, 2.05) is 30.5 Å². The number of aryl methyl sites for hydroxylation is 2. The summed E-state index contributed by atoms with van der Waals surface area (Å²) in [5.41, 5.74) is 11.2. The first-order valence-electron chi connectivity index (χ1n) is 7.12. The summed E-state index contributed by atoms with van der Waals surface area (Å²) in [6.45, 7) is 4.57. The highest BCUT2D eigenvalue weighted by molar-refractivity contribution is 7.13. The van der Waals surface area contributed by atoms with Gasteiger partial charge in [-0.25, -0.2) is 4.98 Å². The predicted molar refractivity (Wildman–Crippen MR) is 92.2 cm³/mol. The molecule has 0 aliphatic carbocycles. The Morgan fingerprint density at radius 1 is 1.09 bits per heavy atom. The summed E-state index contributed by atoms with van der Waals surface area (Å²) >= 11 is 1.62. The number of anilines is 1. The zero-order valence-corrected chi connectivity index (χ0v) is 13.5. The molecule has 0 saturated carbocycles. The molecule has 3 aromatic rings. The Balaban J connectivity index is 1.73. The zero-order chi connectivity index (χ0) is 15.5. The minimum Gasteiger partial charge on any atom is -0.487 e. The second-order valence-electron chi connectivity index (χ2n) is 5.32. The van der Waals surface area contributed by atoms with Crippen LogP contribution in [0.1, 0.15) is 16.8 Å². The summed E-state index contributed by atoms with van der Waals surface area (Å²) in [6, 6.07) is 14.1. The van der Waals surface area contributed by atoms with Crippen LogP contribution in [0.2, 0.25) is 0 Å². The first kappa shape index (κ1) is 14.6. The van der Waals surface area contributed by atoms with Crippen molar-refractivity contribution in [2.75, 3.05) is 5.73 Å². The van der Waals surface area contributed by atoms with Gasteiger partial charge < -0.3 is 10.5 Å². The second kappa shape index (κ2) is 6.20. The standard InChI is InChI=1S/C18H18N2OS/c1-12-3-5-14(6-4-12)10-21-17-8-7-15(9-16(17)19)18-20-13(2)11-22-18/h3-9,11H,10,19H2,1-2H3. The average molecular weight is 310 g/mol. The highest BCUT2D eigenvalue weighted by Crippen LogP contribution is 2.30. The topological polar surface area (TPSA) is 48.1 Å². The van der Waals surface area contributed by atoms with Gasteiger partial charge in [0, 0.05) is 16.6 Å². The van der Waals surface area contributed by atoms with Crippen LogP contribution in [0.3, 0.4) is 0 Å². The minimum atomic E-state index is 0.514. The van der Waals surface area contributed by atoms with E-state index >= 15 is 0 Å². The maximum absolute atomic E-state index is 6.11. The monoisotopic (exact) mass is 310 g/mol. The van der Waals surface area contributed by atoms with Crippen molar-refractivity contribution in [3.63, 3.8) is 0 Å². The molecular weight excluding hydrogens is 292 g/mol. The van der Waals surface area contributed by atoms with Crippen LogP contribution in [0.15, 0.2) is 47.8 Å². The molecule has 22 heavy (non-hydrogen) atoms. The Kier molecular flexibility index (Phi) is 4.11. The first-order valence-corrected chi connectivity index (χ1v) is 8.00. The van der Waals surface area contributed by atoms with Gasteiger partial charge in [0.1, 0.15) is 17.4 Å². The van der Waals surface area contributed by atoms with Crippen molar-refractivity contribution in [2.24, 2.45) is 0 Å². The zero-order valence-electron chi connectivity index (χ0n) is 12.7. The van der Waals surface area contributed by atoms with E-state index < -0.39 is 0 Å². The third-order valence-electron chi connectivity index (χ3n) is 3.39. The summed E-state index contributed by atoms with van der Waals surface area (Å²) in [4.78, 5) is 4.48. The molecule has 0 aliphatic rings. The molecule has 4 heteroatoms. The van der Waals surface area contributed by atoms with Gasteiger partial charge in [-0.05, 0) is 37.6 Å². The van der Waals surface area contributed by atoms with Gasteiger partial charge in [0.25, 0.3) is 0 Å².